The third kappa shape index (κ3) is 6.08. The Bertz CT molecular complexity index is 591. The highest BCUT2D eigenvalue weighted by molar-refractivity contribution is 5.62. The van der Waals surface area contributed by atoms with Crippen molar-refractivity contribution in [2.75, 3.05) is 14.2 Å². The molecule has 0 unspecified atom stereocenters. The lowest BCUT2D eigenvalue weighted by Gasteiger charge is -2.31. The number of carboxylic acids is 1. The molecule has 1 aliphatic rings. The number of carboxylic acid groups (broad SMARTS) is 1. The fourth-order valence-corrected chi connectivity index (χ4v) is 2.45. The molecule has 0 saturated heterocycles. The Morgan fingerprint density at radius 3 is 2.42 bits per heavy atom. The molecule has 5 heteroatoms. The van der Waals surface area contributed by atoms with Gasteiger partial charge < -0.3 is 19.9 Å². The van der Waals surface area contributed by atoms with Crippen molar-refractivity contribution < 1.29 is 19.4 Å². The maximum Gasteiger partial charge on any atom is 0.300 e. The topological polar surface area (TPSA) is 67.8 Å². The molecule has 1 aromatic rings. The second kappa shape index (κ2) is 9.78. The molecule has 1 aliphatic carbocycles. The highest BCUT2D eigenvalue weighted by Crippen LogP contribution is 2.28. The van der Waals surface area contributed by atoms with Crippen LogP contribution in [0, 0.1) is 0 Å². The van der Waals surface area contributed by atoms with Gasteiger partial charge in [0.15, 0.2) is 11.5 Å². The van der Waals surface area contributed by atoms with Crippen LogP contribution < -0.4 is 14.8 Å². The Hall–Kier alpha value is -2.27. The first-order valence-corrected chi connectivity index (χ1v) is 7.96. The lowest BCUT2D eigenvalue weighted by molar-refractivity contribution is -0.134. The Morgan fingerprint density at radius 1 is 1.25 bits per heavy atom. The van der Waals surface area contributed by atoms with Gasteiger partial charge in [0.25, 0.3) is 5.97 Å². The Kier molecular flexibility index (Phi) is 8.06. The molecule has 0 bridgehead atoms. The fraction of sp³-hybridized carbons (Fsp3) is 0.421. The number of methoxy groups -OCH3 is 2. The molecular weight excluding hydrogens is 306 g/mol. The lowest BCUT2D eigenvalue weighted by atomic mass is 9.88. The predicted octanol–water partition coefficient (Wildman–Crippen LogP) is 3.55. The largest absolute Gasteiger partial charge is 0.493 e. The number of ether oxygens (including phenoxy) is 2. The summed E-state index contributed by atoms with van der Waals surface area (Å²) in [5, 5.41) is 11.1. The van der Waals surface area contributed by atoms with Crippen LogP contribution in [0.25, 0.3) is 0 Å². The molecule has 2 rings (SSSR count). The van der Waals surface area contributed by atoms with Crippen molar-refractivity contribution in [2.45, 2.75) is 38.8 Å². The molecule has 0 saturated carbocycles. The molecule has 0 fully saturated rings. The van der Waals surface area contributed by atoms with Gasteiger partial charge in [-0.3, -0.25) is 4.79 Å². The van der Waals surface area contributed by atoms with E-state index in [9.17, 15) is 0 Å². The van der Waals surface area contributed by atoms with E-state index in [1.165, 1.54) is 5.56 Å². The number of benzene rings is 1. The standard InChI is InChI=1S/C17H23NO2.C2H4O2/c1-4-17(10-6-5-7-11-17)18-13-14-8-9-15(19-2)16(12-14)20-3;1-2(3)4/h5-10,12,18H,4,11,13H2,1-3H3;1H3,(H,3,4)/t17-;/m0./s1. The third-order valence-electron chi connectivity index (χ3n) is 3.87. The summed E-state index contributed by atoms with van der Waals surface area (Å²) in [6.45, 7) is 4.11. The number of rotatable bonds is 6. The smallest absolute Gasteiger partial charge is 0.300 e. The zero-order valence-corrected chi connectivity index (χ0v) is 14.8. The van der Waals surface area contributed by atoms with Gasteiger partial charge in [0.05, 0.1) is 14.2 Å². The van der Waals surface area contributed by atoms with E-state index < -0.39 is 5.97 Å². The van der Waals surface area contributed by atoms with Crippen LogP contribution in [0.1, 0.15) is 32.3 Å². The first-order valence-electron chi connectivity index (χ1n) is 7.96. The molecule has 2 N–H and O–H groups in total. The summed E-state index contributed by atoms with van der Waals surface area (Å²) in [4.78, 5) is 9.00. The maximum atomic E-state index is 9.00. The third-order valence-corrected chi connectivity index (χ3v) is 3.87. The maximum absolute atomic E-state index is 9.00. The second-order valence-electron chi connectivity index (χ2n) is 5.56. The normalized spacial score (nSPS) is 18.5. The van der Waals surface area contributed by atoms with Crippen molar-refractivity contribution in [3.8, 4) is 11.5 Å². The predicted molar refractivity (Wildman–Crippen MR) is 95.6 cm³/mol. The molecule has 0 aromatic heterocycles. The quantitative estimate of drug-likeness (QED) is 0.833. The van der Waals surface area contributed by atoms with Gasteiger partial charge in [0.2, 0.25) is 0 Å². The van der Waals surface area contributed by atoms with E-state index in [0.717, 1.165) is 37.8 Å². The van der Waals surface area contributed by atoms with Crippen molar-refractivity contribution in [1.82, 2.24) is 5.32 Å². The van der Waals surface area contributed by atoms with E-state index in [-0.39, 0.29) is 5.54 Å². The summed E-state index contributed by atoms with van der Waals surface area (Å²) in [5.41, 5.74) is 1.26. The summed E-state index contributed by atoms with van der Waals surface area (Å²) in [6, 6.07) is 6.04. The molecular formula is C19H27NO4. The van der Waals surface area contributed by atoms with Crippen LogP contribution in [-0.4, -0.2) is 30.8 Å². The number of aliphatic carboxylic acids is 1. The minimum absolute atomic E-state index is 0.0713. The highest BCUT2D eigenvalue weighted by atomic mass is 16.5. The van der Waals surface area contributed by atoms with E-state index in [1.807, 2.05) is 12.1 Å². The van der Waals surface area contributed by atoms with Crippen LogP contribution >= 0.6 is 0 Å². The van der Waals surface area contributed by atoms with Gasteiger partial charge in [-0.2, -0.15) is 0 Å². The molecule has 0 radical (unpaired) electrons. The zero-order chi connectivity index (χ0) is 18.0. The second-order valence-corrected chi connectivity index (χ2v) is 5.56. The summed E-state index contributed by atoms with van der Waals surface area (Å²) in [7, 11) is 3.32. The van der Waals surface area contributed by atoms with Crippen molar-refractivity contribution in [2.24, 2.45) is 0 Å². The average molecular weight is 333 g/mol. The van der Waals surface area contributed by atoms with Gasteiger partial charge in [0, 0.05) is 19.0 Å². The number of hydrogen-bond donors (Lipinski definition) is 2. The van der Waals surface area contributed by atoms with Crippen molar-refractivity contribution in [1.29, 1.82) is 0 Å². The fourth-order valence-electron chi connectivity index (χ4n) is 2.45. The van der Waals surface area contributed by atoms with E-state index in [4.69, 9.17) is 19.4 Å². The van der Waals surface area contributed by atoms with Gasteiger partial charge in [-0.25, -0.2) is 0 Å². The lowest BCUT2D eigenvalue weighted by Crippen LogP contribution is -2.42. The van der Waals surface area contributed by atoms with Gasteiger partial charge in [0.1, 0.15) is 0 Å². The van der Waals surface area contributed by atoms with Crippen molar-refractivity contribution in [3.63, 3.8) is 0 Å². The number of nitrogens with one attached hydrogen (secondary N) is 1. The molecule has 5 nitrogen and oxygen atoms in total. The van der Waals surface area contributed by atoms with Crippen LogP contribution in [0.3, 0.4) is 0 Å². The Balaban J connectivity index is 0.000000648. The minimum atomic E-state index is -0.833. The van der Waals surface area contributed by atoms with Crippen LogP contribution in [0.15, 0.2) is 42.5 Å². The number of allylic oxidation sites excluding steroid dienone is 2. The van der Waals surface area contributed by atoms with Crippen molar-refractivity contribution >= 4 is 5.97 Å². The monoisotopic (exact) mass is 333 g/mol. The van der Waals surface area contributed by atoms with Crippen molar-refractivity contribution in [3.05, 3.63) is 48.1 Å². The number of carbonyl (C=O) groups is 1. The van der Waals surface area contributed by atoms with Crippen LogP contribution in [0.2, 0.25) is 0 Å². The first kappa shape index (κ1) is 19.8. The SMILES string of the molecule is CC(=O)O.CC[C@]1(NCc2ccc(OC)c(OC)c2)C=CC=CC1. The molecule has 0 heterocycles. The molecule has 0 spiro atoms. The minimum Gasteiger partial charge on any atom is -0.493 e. The molecule has 0 amide bonds. The summed E-state index contributed by atoms with van der Waals surface area (Å²) in [5.74, 6) is 0.707. The van der Waals surface area contributed by atoms with Gasteiger partial charge in [-0.15, -0.1) is 0 Å². The molecule has 0 aliphatic heterocycles. The zero-order valence-electron chi connectivity index (χ0n) is 14.8. The van der Waals surface area contributed by atoms with E-state index in [2.05, 4.69) is 42.6 Å². The van der Waals surface area contributed by atoms with Gasteiger partial charge in [-0.05, 0) is 30.5 Å². The van der Waals surface area contributed by atoms with Crippen LogP contribution in [0.5, 0.6) is 11.5 Å². The number of hydrogen-bond acceptors (Lipinski definition) is 4. The molecule has 132 valence electrons. The Morgan fingerprint density at radius 2 is 1.92 bits per heavy atom. The molecule has 1 atom stereocenters. The molecule has 24 heavy (non-hydrogen) atoms. The highest BCUT2D eigenvalue weighted by Gasteiger charge is 2.23. The average Bonchev–Trinajstić information content (AvgIpc) is 2.60. The summed E-state index contributed by atoms with van der Waals surface area (Å²) < 4.78 is 10.6. The molecule has 1 aromatic carbocycles. The first-order chi connectivity index (χ1) is 11.5. The van der Waals surface area contributed by atoms with E-state index in [0.29, 0.717) is 0 Å². The Labute approximate surface area is 144 Å². The van der Waals surface area contributed by atoms with Gasteiger partial charge in [-0.1, -0.05) is 37.3 Å². The van der Waals surface area contributed by atoms with Gasteiger partial charge >= 0.3 is 0 Å². The van der Waals surface area contributed by atoms with E-state index in [1.54, 1.807) is 14.2 Å². The summed E-state index contributed by atoms with van der Waals surface area (Å²) >= 11 is 0. The van der Waals surface area contributed by atoms with E-state index >= 15 is 0 Å². The van der Waals surface area contributed by atoms with Crippen LogP contribution in [-0.2, 0) is 11.3 Å². The summed E-state index contributed by atoms with van der Waals surface area (Å²) in [6.07, 6.45) is 10.8. The van der Waals surface area contributed by atoms with Crippen LogP contribution in [0.4, 0.5) is 0 Å².